The van der Waals surface area contributed by atoms with E-state index in [1.807, 2.05) is 43.3 Å². The number of rotatable bonds is 8. The molecule has 2 aromatic rings. The molecule has 1 amide bonds. The number of nitrogens with zero attached hydrogens (tertiary/aromatic N) is 1. The van der Waals surface area contributed by atoms with Gasteiger partial charge in [0.05, 0.1) is 11.3 Å². The van der Waals surface area contributed by atoms with E-state index in [4.69, 9.17) is 4.74 Å². The predicted molar refractivity (Wildman–Crippen MR) is 96.5 cm³/mol. The summed E-state index contributed by atoms with van der Waals surface area (Å²) in [7, 11) is 1.66. The summed E-state index contributed by atoms with van der Waals surface area (Å²) in [5, 5.41) is 0. The number of carbonyl (C=O) groups excluding carboxylic acids is 3. The maximum Gasteiger partial charge on any atom is 0.306 e. The fourth-order valence-corrected chi connectivity index (χ4v) is 3.03. The van der Waals surface area contributed by atoms with Crippen LogP contribution in [-0.2, 0) is 20.9 Å². The van der Waals surface area contributed by atoms with E-state index in [1.165, 1.54) is 16.2 Å². The molecule has 0 bridgehead atoms. The maximum atomic E-state index is 12.0. The van der Waals surface area contributed by atoms with E-state index < -0.39 is 5.97 Å². The van der Waals surface area contributed by atoms with Gasteiger partial charge in [-0.3, -0.25) is 14.4 Å². The number of likely N-dealkylation sites (N-methyl/N-ethyl adjacent to an activating group) is 1. The molecule has 25 heavy (non-hydrogen) atoms. The normalized spacial score (nSPS) is 10.3. The molecule has 0 unspecified atom stereocenters. The van der Waals surface area contributed by atoms with Crippen LogP contribution in [0.3, 0.4) is 0 Å². The second-order valence-corrected chi connectivity index (χ2v) is 7.02. The van der Waals surface area contributed by atoms with Gasteiger partial charge in [0.15, 0.2) is 12.4 Å². The van der Waals surface area contributed by atoms with Crippen LogP contribution in [0.25, 0.3) is 0 Å². The summed E-state index contributed by atoms with van der Waals surface area (Å²) in [6, 6.07) is 13.2. The van der Waals surface area contributed by atoms with Crippen molar-refractivity contribution in [2.45, 2.75) is 26.3 Å². The lowest BCUT2D eigenvalue weighted by Gasteiger charge is -2.17. The Labute approximate surface area is 151 Å². The van der Waals surface area contributed by atoms with Crippen molar-refractivity contribution in [2.24, 2.45) is 0 Å². The lowest BCUT2D eigenvalue weighted by molar-refractivity contribution is -0.151. The molecule has 5 nitrogen and oxygen atoms in total. The predicted octanol–water partition coefficient (Wildman–Crippen LogP) is 3.22. The number of hydrogen-bond donors (Lipinski definition) is 0. The van der Waals surface area contributed by atoms with Gasteiger partial charge in [0.1, 0.15) is 0 Å². The zero-order valence-corrected chi connectivity index (χ0v) is 15.2. The first-order valence-corrected chi connectivity index (χ1v) is 8.80. The molecule has 0 saturated heterocycles. The van der Waals surface area contributed by atoms with Crippen molar-refractivity contribution < 1.29 is 19.1 Å². The van der Waals surface area contributed by atoms with Crippen LogP contribution < -0.4 is 0 Å². The van der Waals surface area contributed by atoms with Crippen molar-refractivity contribution in [3.63, 3.8) is 0 Å². The number of esters is 1. The fourth-order valence-electron chi connectivity index (χ4n) is 2.19. The van der Waals surface area contributed by atoms with Crippen molar-refractivity contribution in [3.8, 4) is 0 Å². The number of Topliss-reactive ketones (excluding diaryl/α,β-unsaturated/α-hetero) is 1. The number of ether oxygens (including phenoxy) is 1. The summed E-state index contributed by atoms with van der Waals surface area (Å²) in [4.78, 5) is 38.9. The van der Waals surface area contributed by atoms with E-state index in [0.717, 1.165) is 10.4 Å². The minimum atomic E-state index is -0.539. The van der Waals surface area contributed by atoms with Gasteiger partial charge in [-0.15, -0.1) is 11.3 Å². The van der Waals surface area contributed by atoms with Gasteiger partial charge in [0, 0.05) is 24.9 Å². The highest BCUT2D eigenvalue weighted by Gasteiger charge is 2.15. The molecule has 0 aliphatic carbocycles. The zero-order chi connectivity index (χ0) is 18.2. The molecule has 0 aliphatic rings. The highest BCUT2D eigenvalue weighted by atomic mass is 32.1. The molecule has 0 aliphatic heterocycles. The minimum absolute atomic E-state index is 0.0224. The smallest absolute Gasteiger partial charge is 0.306 e. The first kappa shape index (κ1) is 18.9. The highest BCUT2D eigenvalue weighted by Crippen LogP contribution is 2.17. The summed E-state index contributed by atoms with van der Waals surface area (Å²) < 4.78 is 4.98. The number of hydrogen-bond acceptors (Lipinski definition) is 5. The maximum absolute atomic E-state index is 12.0. The Bertz CT molecular complexity index is 739. The van der Waals surface area contributed by atoms with Gasteiger partial charge in [-0.1, -0.05) is 30.3 Å². The van der Waals surface area contributed by atoms with Crippen molar-refractivity contribution in [1.82, 2.24) is 4.90 Å². The lowest BCUT2D eigenvalue weighted by Crippen LogP contribution is -2.30. The van der Waals surface area contributed by atoms with Gasteiger partial charge in [0.2, 0.25) is 0 Å². The average Bonchev–Trinajstić information content (AvgIpc) is 3.04. The van der Waals surface area contributed by atoms with Gasteiger partial charge in [-0.25, -0.2) is 0 Å². The average molecular weight is 359 g/mol. The molecule has 0 spiro atoms. The van der Waals surface area contributed by atoms with Gasteiger partial charge in [0.25, 0.3) is 5.91 Å². The zero-order valence-electron chi connectivity index (χ0n) is 14.4. The monoisotopic (exact) mass is 359 g/mol. The van der Waals surface area contributed by atoms with Crippen LogP contribution in [0.1, 0.15) is 33.0 Å². The van der Waals surface area contributed by atoms with Gasteiger partial charge < -0.3 is 9.64 Å². The van der Waals surface area contributed by atoms with E-state index in [-0.39, 0.29) is 31.1 Å². The van der Waals surface area contributed by atoms with E-state index in [0.29, 0.717) is 11.4 Å². The van der Waals surface area contributed by atoms with Crippen LogP contribution in [0.2, 0.25) is 0 Å². The molecule has 1 aromatic heterocycles. The van der Waals surface area contributed by atoms with E-state index >= 15 is 0 Å². The second-order valence-electron chi connectivity index (χ2n) is 5.73. The molecule has 0 radical (unpaired) electrons. The first-order valence-electron chi connectivity index (χ1n) is 7.99. The standard InChI is InChI=1S/C19H21NO4S/c1-14-8-10-17(25-14)16(21)9-11-19(23)24-13-18(22)20(2)12-15-6-4-3-5-7-15/h3-8,10H,9,11-13H2,1-2H3. The minimum Gasteiger partial charge on any atom is -0.456 e. The number of amides is 1. The molecule has 0 N–H and O–H groups in total. The van der Waals surface area contributed by atoms with Crippen LogP contribution >= 0.6 is 11.3 Å². The Morgan fingerprint density at radius 2 is 1.76 bits per heavy atom. The Kier molecular flexibility index (Phi) is 6.89. The van der Waals surface area contributed by atoms with E-state index in [1.54, 1.807) is 13.1 Å². The number of carbonyl (C=O) groups is 3. The molecule has 6 heteroatoms. The lowest BCUT2D eigenvalue weighted by atomic mass is 10.2. The number of thiophene rings is 1. The SMILES string of the molecule is Cc1ccc(C(=O)CCC(=O)OCC(=O)N(C)Cc2ccccc2)s1. The Morgan fingerprint density at radius 3 is 2.40 bits per heavy atom. The molecule has 0 atom stereocenters. The van der Waals surface area contributed by atoms with Crippen molar-refractivity contribution in [2.75, 3.05) is 13.7 Å². The summed E-state index contributed by atoms with van der Waals surface area (Å²) in [6.45, 7) is 2.06. The van der Waals surface area contributed by atoms with Gasteiger partial charge >= 0.3 is 5.97 Å². The van der Waals surface area contributed by atoms with Crippen LogP contribution in [-0.4, -0.2) is 36.2 Å². The number of aryl methyl sites for hydroxylation is 1. The Hall–Kier alpha value is -2.47. The van der Waals surface area contributed by atoms with Crippen molar-refractivity contribution in [3.05, 3.63) is 57.8 Å². The highest BCUT2D eigenvalue weighted by molar-refractivity contribution is 7.14. The van der Waals surface area contributed by atoms with Gasteiger partial charge in [-0.2, -0.15) is 0 Å². The molecular formula is C19H21NO4S. The van der Waals surface area contributed by atoms with Crippen LogP contribution in [0, 0.1) is 6.92 Å². The summed E-state index contributed by atoms with van der Waals surface area (Å²) in [5.74, 6) is -0.900. The first-order chi connectivity index (χ1) is 12.0. The fraction of sp³-hybridized carbons (Fsp3) is 0.316. The van der Waals surface area contributed by atoms with Gasteiger partial charge in [-0.05, 0) is 24.6 Å². The van der Waals surface area contributed by atoms with Crippen LogP contribution in [0.4, 0.5) is 0 Å². The summed E-state index contributed by atoms with van der Waals surface area (Å²) >= 11 is 1.41. The van der Waals surface area contributed by atoms with E-state index in [9.17, 15) is 14.4 Å². The van der Waals surface area contributed by atoms with Crippen LogP contribution in [0.15, 0.2) is 42.5 Å². The molecule has 2 rings (SSSR count). The molecule has 1 aromatic carbocycles. The van der Waals surface area contributed by atoms with Crippen molar-refractivity contribution in [1.29, 1.82) is 0 Å². The summed E-state index contributed by atoms with van der Waals surface area (Å²) in [5.41, 5.74) is 1.00. The van der Waals surface area contributed by atoms with Crippen LogP contribution in [0.5, 0.6) is 0 Å². The third-order valence-corrected chi connectivity index (χ3v) is 4.66. The molecule has 1 heterocycles. The topological polar surface area (TPSA) is 63.7 Å². The molecular weight excluding hydrogens is 338 g/mol. The molecule has 0 saturated carbocycles. The summed E-state index contributed by atoms with van der Waals surface area (Å²) in [6.07, 6.45) is 0.0678. The third-order valence-electron chi connectivity index (χ3n) is 3.62. The third kappa shape index (κ3) is 6.15. The molecule has 132 valence electrons. The number of benzene rings is 1. The largest absolute Gasteiger partial charge is 0.456 e. The Morgan fingerprint density at radius 1 is 1.04 bits per heavy atom. The quantitative estimate of drug-likeness (QED) is 0.536. The van der Waals surface area contributed by atoms with Crippen molar-refractivity contribution >= 4 is 29.0 Å². The molecule has 0 fully saturated rings. The Balaban J connectivity index is 1.70. The van der Waals surface area contributed by atoms with E-state index in [2.05, 4.69) is 0 Å². The second kappa shape index (κ2) is 9.13. The number of ketones is 1.